The van der Waals surface area contributed by atoms with Crippen molar-refractivity contribution in [3.63, 3.8) is 0 Å². The summed E-state index contributed by atoms with van der Waals surface area (Å²) < 4.78 is 2.22. The Balaban J connectivity index is 2.24. The van der Waals surface area contributed by atoms with Gasteiger partial charge in [-0.05, 0) is 18.9 Å². The van der Waals surface area contributed by atoms with E-state index in [1.165, 1.54) is 12.8 Å². The number of fused-ring (bicyclic) bond motifs is 3. The monoisotopic (exact) mass is 188 g/mol. The number of aromatic nitrogens is 3. The van der Waals surface area contributed by atoms with Crippen LogP contribution in [0.2, 0.25) is 0 Å². The lowest BCUT2D eigenvalue weighted by Crippen LogP contribution is -2.02. The van der Waals surface area contributed by atoms with Crippen molar-refractivity contribution < 1.29 is 0 Å². The van der Waals surface area contributed by atoms with Crippen molar-refractivity contribution in [2.75, 3.05) is 11.9 Å². The van der Waals surface area contributed by atoms with Crippen molar-refractivity contribution >= 4 is 17.0 Å². The summed E-state index contributed by atoms with van der Waals surface area (Å²) in [5.41, 5.74) is 2.17. The summed E-state index contributed by atoms with van der Waals surface area (Å²) in [5.74, 6) is 0.991. The van der Waals surface area contributed by atoms with E-state index in [1.54, 1.807) is 6.20 Å². The number of anilines is 1. The molecule has 3 heterocycles. The van der Waals surface area contributed by atoms with Gasteiger partial charge in [0.15, 0.2) is 0 Å². The molecule has 0 saturated carbocycles. The lowest BCUT2D eigenvalue weighted by Gasteiger charge is -2.02. The molecule has 4 nitrogen and oxygen atoms in total. The van der Waals surface area contributed by atoms with E-state index in [-0.39, 0.29) is 0 Å². The average Bonchev–Trinajstić information content (AvgIpc) is 2.42. The van der Waals surface area contributed by atoms with Crippen LogP contribution in [-0.4, -0.2) is 21.1 Å². The zero-order valence-corrected chi connectivity index (χ0v) is 7.90. The fourth-order valence-corrected chi connectivity index (χ4v) is 1.93. The zero-order valence-electron chi connectivity index (χ0n) is 7.90. The Morgan fingerprint density at radius 2 is 2.36 bits per heavy atom. The van der Waals surface area contributed by atoms with Gasteiger partial charge in [0.25, 0.3) is 0 Å². The number of pyridine rings is 1. The van der Waals surface area contributed by atoms with Gasteiger partial charge in [-0.2, -0.15) is 0 Å². The van der Waals surface area contributed by atoms with E-state index in [0.717, 1.165) is 30.1 Å². The second-order valence-corrected chi connectivity index (χ2v) is 3.59. The first-order chi connectivity index (χ1) is 6.95. The molecule has 0 radical (unpaired) electrons. The van der Waals surface area contributed by atoms with Gasteiger partial charge < -0.3 is 9.88 Å². The molecule has 14 heavy (non-hydrogen) atoms. The Morgan fingerprint density at radius 3 is 3.36 bits per heavy atom. The Labute approximate surface area is 82.0 Å². The first-order valence-corrected chi connectivity index (χ1v) is 4.99. The van der Waals surface area contributed by atoms with Gasteiger partial charge in [-0.25, -0.2) is 4.98 Å². The molecule has 4 heteroatoms. The number of nitrogens with one attached hydrogen (secondary N) is 1. The lowest BCUT2D eigenvalue weighted by molar-refractivity contribution is 0.669. The Bertz CT molecular complexity index is 460. The number of hydrogen-bond acceptors (Lipinski definition) is 3. The zero-order chi connectivity index (χ0) is 9.38. The summed E-state index contributed by atoms with van der Waals surface area (Å²) in [6.07, 6.45) is 6.10. The van der Waals surface area contributed by atoms with E-state index in [9.17, 15) is 0 Å². The molecule has 72 valence electrons. The number of imidazole rings is 1. The number of rotatable bonds is 0. The van der Waals surface area contributed by atoms with Crippen LogP contribution in [0.5, 0.6) is 0 Å². The molecule has 0 bridgehead atoms. The Hall–Kier alpha value is -1.58. The van der Waals surface area contributed by atoms with Gasteiger partial charge in [0, 0.05) is 19.3 Å². The van der Waals surface area contributed by atoms with Crippen LogP contribution in [0.1, 0.15) is 12.8 Å². The quantitative estimate of drug-likeness (QED) is 0.683. The van der Waals surface area contributed by atoms with Crippen molar-refractivity contribution in [2.24, 2.45) is 0 Å². The third kappa shape index (κ3) is 1.07. The van der Waals surface area contributed by atoms with Crippen LogP contribution in [0.3, 0.4) is 0 Å². The van der Waals surface area contributed by atoms with Crippen LogP contribution in [0, 0.1) is 0 Å². The lowest BCUT2D eigenvalue weighted by atomic mass is 10.3. The predicted octanol–water partition coefficient (Wildman–Crippen LogP) is 1.64. The van der Waals surface area contributed by atoms with E-state index < -0.39 is 0 Å². The molecular formula is C10H12N4. The van der Waals surface area contributed by atoms with Crippen LogP contribution >= 0.6 is 0 Å². The summed E-state index contributed by atoms with van der Waals surface area (Å²) in [6, 6.07) is 1.96. The van der Waals surface area contributed by atoms with Gasteiger partial charge in [0.1, 0.15) is 0 Å². The molecule has 1 aliphatic rings. The van der Waals surface area contributed by atoms with Crippen LogP contribution < -0.4 is 5.32 Å². The van der Waals surface area contributed by atoms with E-state index in [0.29, 0.717) is 0 Å². The van der Waals surface area contributed by atoms with Crippen LogP contribution in [0.15, 0.2) is 18.5 Å². The molecule has 2 aromatic heterocycles. The molecule has 0 atom stereocenters. The normalized spacial score (nSPS) is 16.0. The fraction of sp³-hybridized carbons (Fsp3) is 0.400. The first kappa shape index (κ1) is 7.79. The highest BCUT2D eigenvalue weighted by Gasteiger charge is 2.11. The highest BCUT2D eigenvalue weighted by molar-refractivity contribution is 5.77. The van der Waals surface area contributed by atoms with Crippen molar-refractivity contribution in [3.05, 3.63) is 18.5 Å². The molecule has 0 aromatic carbocycles. The molecule has 0 spiro atoms. The highest BCUT2D eigenvalue weighted by atomic mass is 15.2. The first-order valence-electron chi connectivity index (χ1n) is 4.99. The van der Waals surface area contributed by atoms with Crippen LogP contribution in [-0.2, 0) is 6.54 Å². The Morgan fingerprint density at radius 1 is 1.36 bits per heavy atom. The third-order valence-corrected chi connectivity index (χ3v) is 2.64. The molecule has 1 aliphatic heterocycles. The second-order valence-electron chi connectivity index (χ2n) is 3.59. The maximum Gasteiger partial charge on any atom is 0.203 e. The molecule has 0 amide bonds. The van der Waals surface area contributed by atoms with E-state index >= 15 is 0 Å². The summed E-state index contributed by atoms with van der Waals surface area (Å²) in [4.78, 5) is 8.66. The van der Waals surface area contributed by atoms with Gasteiger partial charge >= 0.3 is 0 Å². The smallest absolute Gasteiger partial charge is 0.203 e. The number of aryl methyl sites for hydroxylation is 1. The molecule has 0 saturated heterocycles. The van der Waals surface area contributed by atoms with Crippen LogP contribution in [0.4, 0.5) is 5.95 Å². The minimum atomic E-state index is 0.991. The summed E-state index contributed by atoms with van der Waals surface area (Å²) in [5, 5.41) is 3.34. The largest absolute Gasteiger partial charge is 0.356 e. The van der Waals surface area contributed by atoms with Crippen molar-refractivity contribution in [3.8, 4) is 0 Å². The molecule has 3 rings (SSSR count). The van der Waals surface area contributed by atoms with Crippen molar-refractivity contribution in [1.82, 2.24) is 14.5 Å². The average molecular weight is 188 g/mol. The maximum atomic E-state index is 4.53. The topological polar surface area (TPSA) is 42.7 Å². The van der Waals surface area contributed by atoms with Gasteiger partial charge in [-0.15, -0.1) is 0 Å². The molecule has 0 aliphatic carbocycles. The van der Waals surface area contributed by atoms with Crippen molar-refractivity contribution in [1.29, 1.82) is 0 Å². The molecule has 0 fully saturated rings. The number of nitrogens with zero attached hydrogens (tertiary/aromatic N) is 3. The fourth-order valence-electron chi connectivity index (χ4n) is 1.93. The van der Waals surface area contributed by atoms with Gasteiger partial charge in [-0.3, -0.25) is 4.98 Å². The van der Waals surface area contributed by atoms with E-state index in [2.05, 4.69) is 19.9 Å². The SMILES string of the molecule is c1cc2nc3n(c2cn1)CCCCN3. The molecule has 2 aromatic rings. The highest BCUT2D eigenvalue weighted by Crippen LogP contribution is 2.21. The molecular weight excluding hydrogens is 176 g/mol. The van der Waals surface area contributed by atoms with Gasteiger partial charge in [-0.1, -0.05) is 0 Å². The third-order valence-electron chi connectivity index (χ3n) is 2.64. The molecule has 1 N–H and O–H groups in total. The minimum Gasteiger partial charge on any atom is -0.356 e. The Kier molecular flexibility index (Phi) is 1.65. The number of hydrogen-bond donors (Lipinski definition) is 1. The van der Waals surface area contributed by atoms with Crippen molar-refractivity contribution in [2.45, 2.75) is 19.4 Å². The second kappa shape index (κ2) is 2.97. The van der Waals surface area contributed by atoms with Gasteiger partial charge in [0.05, 0.1) is 17.2 Å². The summed E-state index contributed by atoms with van der Waals surface area (Å²) in [6.45, 7) is 2.07. The van der Waals surface area contributed by atoms with E-state index in [1.807, 2.05) is 12.3 Å². The van der Waals surface area contributed by atoms with Crippen LogP contribution in [0.25, 0.3) is 11.0 Å². The summed E-state index contributed by atoms with van der Waals surface area (Å²) in [7, 11) is 0. The predicted molar refractivity (Wildman–Crippen MR) is 55.3 cm³/mol. The maximum absolute atomic E-state index is 4.53. The standard InChI is InChI=1S/C10H12N4/c1-2-6-14-9-7-11-5-3-8(9)13-10(14)12-4-1/h3,5,7H,1-2,4,6H2,(H,12,13). The molecule has 0 unspecified atom stereocenters. The van der Waals surface area contributed by atoms with E-state index in [4.69, 9.17) is 0 Å². The summed E-state index contributed by atoms with van der Waals surface area (Å²) >= 11 is 0. The van der Waals surface area contributed by atoms with Gasteiger partial charge in [0.2, 0.25) is 5.95 Å². The minimum absolute atomic E-state index is 0.991.